The number of sulfonamides is 1. The normalized spacial score (nSPS) is 11.4. The van der Waals surface area contributed by atoms with Crippen LogP contribution in [0.3, 0.4) is 0 Å². The molecule has 1 rings (SSSR count). The number of rotatable bonds is 9. The topological polar surface area (TPSA) is 121 Å². The van der Waals surface area contributed by atoms with Gasteiger partial charge in [0.15, 0.2) is 5.78 Å². The van der Waals surface area contributed by atoms with E-state index in [1.165, 1.54) is 31.2 Å². The molecule has 8 nitrogen and oxygen atoms in total. The summed E-state index contributed by atoms with van der Waals surface area (Å²) in [4.78, 5) is 35.2. The second-order valence-electron chi connectivity index (χ2n) is 5.74. The van der Waals surface area contributed by atoms with Gasteiger partial charge in [0, 0.05) is 24.6 Å². The van der Waals surface area contributed by atoms with Gasteiger partial charge in [-0.25, -0.2) is 13.1 Å². The standard InChI is InChI=1S/C16H22N2O6S/c1-11(2)18(10-16(21)22)15(20)8-9-17-25(23,24)14-6-4-13(5-7-14)12(3)19/h4-7,11,17H,8-10H2,1-3H3,(H,21,22). The molecule has 0 bridgehead atoms. The largest absolute Gasteiger partial charge is 0.480 e. The number of ketones is 1. The summed E-state index contributed by atoms with van der Waals surface area (Å²) in [6.45, 7) is 4.16. The number of carboxylic acid groups (broad SMARTS) is 1. The lowest BCUT2D eigenvalue weighted by atomic mass is 10.2. The number of hydrogen-bond acceptors (Lipinski definition) is 5. The summed E-state index contributed by atoms with van der Waals surface area (Å²) < 4.78 is 26.6. The summed E-state index contributed by atoms with van der Waals surface area (Å²) in [6.07, 6.45) is -0.157. The van der Waals surface area contributed by atoms with E-state index in [1.807, 2.05) is 0 Å². The average molecular weight is 370 g/mol. The van der Waals surface area contributed by atoms with E-state index < -0.39 is 28.4 Å². The van der Waals surface area contributed by atoms with E-state index in [1.54, 1.807) is 13.8 Å². The van der Waals surface area contributed by atoms with Crippen LogP contribution in [0.15, 0.2) is 29.2 Å². The van der Waals surface area contributed by atoms with E-state index >= 15 is 0 Å². The molecule has 1 aromatic rings. The minimum Gasteiger partial charge on any atom is -0.480 e. The molecular formula is C16H22N2O6S. The van der Waals surface area contributed by atoms with Crippen LogP contribution in [0.25, 0.3) is 0 Å². The number of carboxylic acids is 1. The van der Waals surface area contributed by atoms with Crippen LogP contribution >= 0.6 is 0 Å². The zero-order valence-electron chi connectivity index (χ0n) is 14.4. The third kappa shape index (κ3) is 6.28. The van der Waals surface area contributed by atoms with E-state index in [0.29, 0.717) is 5.56 Å². The number of nitrogens with zero attached hydrogens (tertiary/aromatic N) is 1. The third-order valence-corrected chi connectivity index (χ3v) is 4.93. The van der Waals surface area contributed by atoms with Crippen LogP contribution in [0.2, 0.25) is 0 Å². The number of Topliss-reactive ketones (excluding diaryl/α,β-unsaturated/α-hetero) is 1. The zero-order valence-corrected chi connectivity index (χ0v) is 15.2. The molecule has 0 aliphatic rings. The highest BCUT2D eigenvalue weighted by atomic mass is 32.2. The summed E-state index contributed by atoms with van der Waals surface area (Å²) in [5.41, 5.74) is 0.398. The fourth-order valence-corrected chi connectivity index (χ4v) is 3.12. The molecule has 0 radical (unpaired) electrons. The Balaban J connectivity index is 2.68. The van der Waals surface area contributed by atoms with Crippen molar-refractivity contribution in [1.29, 1.82) is 0 Å². The van der Waals surface area contributed by atoms with Gasteiger partial charge in [-0.1, -0.05) is 12.1 Å². The van der Waals surface area contributed by atoms with Gasteiger partial charge in [0.25, 0.3) is 0 Å². The molecule has 0 heterocycles. The van der Waals surface area contributed by atoms with Crippen molar-refractivity contribution in [2.24, 2.45) is 0 Å². The van der Waals surface area contributed by atoms with Crippen molar-refractivity contribution in [3.05, 3.63) is 29.8 Å². The lowest BCUT2D eigenvalue weighted by Crippen LogP contribution is -2.42. The SMILES string of the molecule is CC(=O)c1ccc(S(=O)(=O)NCCC(=O)N(CC(=O)O)C(C)C)cc1. The minimum atomic E-state index is -3.82. The number of benzene rings is 1. The molecule has 0 aromatic heterocycles. The lowest BCUT2D eigenvalue weighted by Gasteiger charge is -2.24. The van der Waals surface area contributed by atoms with Crippen molar-refractivity contribution in [1.82, 2.24) is 9.62 Å². The van der Waals surface area contributed by atoms with Crippen LogP contribution in [0.5, 0.6) is 0 Å². The van der Waals surface area contributed by atoms with Crippen LogP contribution in [0, 0.1) is 0 Å². The second-order valence-corrected chi connectivity index (χ2v) is 7.50. The molecule has 138 valence electrons. The molecule has 25 heavy (non-hydrogen) atoms. The molecule has 0 saturated carbocycles. The monoisotopic (exact) mass is 370 g/mol. The minimum absolute atomic E-state index is 0.0174. The van der Waals surface area contributed by atoms with Crippen molar-refractivity contribution >= 4 is 27.7 Å². The first-order valence-electron chi connectivity index (χ1n) is 7.66. The fraction of sp³-hybridized carbons (Fsp3) is 0.438. The second kappa shape index (κ2) is 8.72. The molecule has 1 aromatic carbocycles. The summed E-state index contributed by atoms with van der Waals surface area (Å²) >= 11 is 0. The highest BCUT2D eigenvalue weighted by Crippen LogP contribution is 2.11. The summed E-state index contributed by atoms with van der Waals surface area (Å²) in [5, 5.41) is 8.82. The van der Waals surface area contributed by atoms with Gasteiger partial charge < -0.3 is 10.0 Å². The maximum Gasteiger partial charge on any atom is 0.323 e. The molecule has 0 fully saturated rings. The highest BCUT2D eigenvalue weighted by Gasteiger charge is 2.21. The Morgan fingerprint density at radius 3 is 2.16 bits per heavy atom. The van der Waals surface area contributed by atoms with Crippen LogP contribution in [-0.2, 0) is 19.6 Å². The molecule has 0 aliphatic carbocycles. The molecule has 0 atom stereocenters. The van der Waals surface area contributed by atoms with E-state index in [4.69, 9.17) is 5.11 Å². The molecule has 2 N–H and O–H groups in total. The van der Waals surface area contributed by atoms with Gasteiger partial charge >= 0.3 is 5.97 Å². The quantitative estimate of drug-likeness (QED) is 0.623. The maximum atomic E-state index is 12.2. The molecule has 9 heteroatoms. The molecule has 1 amide bonds. The summed E-state index contributed by atoms with van der Waals surface area (Å²) in [6, 6.07) is 5.14. The maximum absolute atomic E-state index is 12.2. The van der Waals surface area contributed by atoms with Crippen LogP contribution in [0.1, 0.15) is 37.6 Å². The van der Waals surface area contributed by atoms with Crippen LogP contribution in [-0.4, -0.2) is 55.2 Å². The Bertz CT molecular complexity index is 740. The number of aliphatic carboxylic acids is 1. The van der Waals surface area contributed by atoms with Crippen LogP contribution < -0.4 is 4.72 Å². The van der Waals surface area contributed by atoms with E-state index in [2.05, 4.69) is 4.72 Å². The third-order valence-electron chi connectivity index (χ3n) is 3.45. The van der Waals surface area contributed by atoms with Gasteiger partial charge in [0.05, 0.1) is 4.90 Å². The summed E-state index contributed by atoms with van der Waals surface area (Å²) in [5.74, 6) is -1.75. The van der Waals surface area contributed by atoms with Crippen molar-refractivity contribution < 1.29 is 27.9 Å². The highest BCUT2D eigenvalue weighted by molar-refractivity contribution is 7.89. The van der Waals surface area contributed by atoms with Gasteiger partial charge in [-0.2, -0.15) is 0 Å². The van der Waals surface area contributed by atoms with Crippen molar-refractivity contribution in [2.45, 2.75) is 38.1 Å². The molecule has 0 spiro atoms. The van der Waals surface area contributed by atoms with Crippen LogP contribution in [0.4, 0.5) is 0 Å². The fourth-order valence-electron chi connectivity index (χ4n) is 2.09. The van der Waals surface area contributed by atoms with Gasteiger partial charge in [0.1, 0.15) is 6.54 Å². The Labute approximate surface area is 146 Å². The van der Waals surface area contributed by atoms with Crippen molar-refractivity contribution in [3.8, 4) is 0 Å². The average Bonchev–Trinajstić information content (AvgIpc) is 2.51. The van der Waals surface area contributed by atoms with Crippen molar-refractivity contribution in [2.75, 3.05) is 13.1 Å². The Morgan fingerprint density at radius 1 is 1.16 bits per heavy atom. The van der Waals surface area contributed by atoms with Gasteiger partial charge in [-0.15, -0.1) is 0 Å². The number of amides is 1. The molecule has 0 aliphatic heterocycles. The van der Waals surface area contributed by atoms with Crippen molar-refractivity contribution in [3.63, 3.8) is 0 Å². The van der Waals surface area contributed by atoms with E-state index in [0.717, 1.165) is 4.90 Å². The van der Waals surface area contributed by atoms with E-state index in [9.17, 15) is 22.8 Å². The number of nitrogens with one attached hydrogen (secondary N) is 1. The Hall–Kier alpha value is -2.26. The van der Waals surface area contributed by atoms with E-state index in [-0.39, 0.29) is 29.7 Å². The molecule has 0 saturated heterocycles. The Kier molecular flexibility index (Phi) is 7.25. The number of hydrogen-bond donors (Lipinski definition) is 2. The first-order chi connectivity index (χ1) is 11.5. The predicted molar refractivity (Wildman–Crippen MR) is 90.7 cm³/mol. The summed E-state index contributed by atoms with van der Waals surface area (Å²) in [7, 11) is -3.82. The Morgan fingerprint density at radius 2 is 1.72 bits per heavy atom. The first-order valence-corrected chi connectivity index (χ1v) is 9.15. The first kappa shape index (κ1) is 20.8. The van der Waals surface area contributed by atoms with Gasteiger partial charge in [-0.05, 0) is 32.9 Å². The number of carbonyl (C=O) groups excluding carboxylic acids is 2. The predicted octanol–water partition coefficient (Wildman–Crippen LogP) is 0.879. The van der Waals surface area contributed by atoms with Gasteiger partial charge in [0.2, 0.25) is 15.9 Å². The zero-order chi connectivity index (χ0) is 19.2. The number of carbonyl (C=O) groups is 3. The molecular weight excluding hydrogens is 348 g/mol. The lowest BCUT2D eigenvalue weighted by molar-refractivity contribution is -0.145. The van der Waals surface area contributed by atoms with Gasteiger partial charge in [-0.3, -0.25) is 14.4 Å². The smallest absolute Gasteiger partial charge is 0.323 e. The molecule has 0 unspecified atom stereocenters.